The number of nitrogens with one attached hydrogen (secondary N) is 1. The zero-order valence-electron chi connectivity index (χ0n) is 32.3. The van der Waals surface area contributed by atoms with Gasteiger partial charge >= 0.3 is 11.9 Å². The molecule has 290 valence electrons. The number of nitrogens with zero attached hydrogens (tertiary/aromatic N) is 2. The average molecular weight is 774 g/mol. The Morgan fingerprint density at radius 1 is 0.759 bits per heavy atom. The van der Waals surface area contributed by atoms with Crippen LogP contribution in [-0.4, -0.2) is 68.6 Å². The van der Waals surface area contributed by atoms with Gasteiger partial charge in [-0.25, -0.2) is 19.6 Å². The number of rotatable bonds is 6. The quantitative estimate of drug-likeness (QED) is 0.150. The van der Waals surface area contributed by atoms with E-state index in [1.807, 2.05) is 102 Å². The largest absolute Gasteiger partial charge is 0.457 e. The lowest BCUT2D eigenvalue weighted by atomic mass is 9.79. The van der Waals surface area contributed by atoms with Gasteiger partial charge in [0.25, 0.3) is 0 Å². The lowest BCUT2D eigenvalue weighted by molar-refractivity contribution is -0.0461. The van der Waals surface area contributed by atoms with E-state index in [4.69, 9.17) is 9.47 Å². The highest BCUT2D eigenvalue weighted by Crippen LogP contribution is 2.34. The van der Waals surface area contributed by atoms with Gasteiger partial charge < -0.3 is 25.0 Å². The van der Waals surface area contributed by atoms with E-state index in [2.05, 4.69) is 34.4 Å². The van der Waals surface area contributed by atoms with Crippen molar-refractivity contribution < 1.29 is 29.3 Å². The van der Waals surface area contributed by atoms with Crippen LogP contribution >= 0.6 is 22.7 Å². The van der Waals surface area contributed by atoms with Crippen LogP contribution in [-0.2, 0) is 15.9 Å². The highest BCUT2D eigenvalue weighted by molar-refractivity contribution is 7.10. The van der Waals surface area contributed by atoms with Crippen LogP contribution in [0.25, 0.3) is 6.08 Å². The zero-order chi connectivity index (χ0) is 39.3. The summed E-state index contributed by atoms with van der Waals surface area (Å²) in [6, 6.07) is 0.270. The Morgan fingerprint density at radius 2 is 1.31 bits per heavy atom. The molecule has 0 spiro atoms. The standard InChI is InChI=1S/C43H55N3O6S2/c1-8-18-34(47)42(4,5)36-23-14-12-10-11-13-20-29(3)26-39-46-33(28-54-39)41(50)52-37(43(6,7)35(48)19-9-2)24-17-22-31-30(44-31)21-15-16-25-38-45-32(27-53-38)40(49)51-36/h8-22,25,27-31,34-37,44,47-48H,23-24,26H2,1-7H3/b11-10-,14-12-,18-8+,19-9+,20-13+,21-15+,22-17-,25-16-/t29-,30-,31+,34-,35-,36-,37-/m0/s1. The molecule has 3 N–H and O–H groups in total. The second kappa shape index (κ2) is 20.1. The van der Waals surface area contributed by atoms with Gasteiger partial charge in [0.15, 0.2) is 11.4 Å². The third kappa shape index (κ3) is 12.3. The lowest BCUT2D eigenvalue weighted by Gasteiger charge is -2.36. The second-order valence-electron chi connectivity index (χ2n) is 14.8. The molecule has 2 aromatic rings. The summed E-state index contributed by atoms with van der Waals surface area (Å²) in [6.45, 7) is 13.3. The molecule has 4 rings (SSSR count). The second-order valence-corrected chi connectivity index (χ2v) is 16.6. The van der Waals surface area contributed by atoms with Gasteiger partial charge in [0, 0.05) is 52.9 Å². The Balaban J connectivity index is 1.56. The molecule has 4 bridgehead atoms. The Labute approximate surface area is 328 Å². The summed E-state index contributed by atoms with van der Waals surface area (Å²) in [6.07, 6.45) is 29.1. The van der Waals surface area contributed by atoms with Gasteiger partial charge in [-0.2, -0.15) is 0 Å². The molecule has 0 aromatic carbocycles. The van der Waals surface area contributed by atoms with Crippen LogP contribution in [0.5, 0.6) is 0 Å². The molecule has 2 aliphatic rings. The number of esters is 2. The first kappa shape index (κ1) is 42.7. The number of thiazole rings is 2. The van der Waals surface area contributed by atoms with Crippen molar-refractivity contribution in [3.8, 4) is 0 Å². The average Bonchev–Trinajstić information content (AvgIpc) is 3.45. The summed E-state index contributed by atoms with van der Waals surface area (Å²) in [5.74, 6) is -0.875. The van der Waals surface area contributed by atoms with E-state index >= 15 is 0 Å². The van der Waals surface area contributed by atoms with Gasteiger partial charge in [0.2, 0.25) is 0 Å². The van der Waals surface area contributed by atoms with Crippen molar-refractivity contribution in [2.75, 3.05) is 0 Å². The molecule has 0 radical (unpaired) electrons. The van der Waals surface area contributed by atoms with Crippen LogP contribution in [0.4, 0.5) is 0 Å². The number of aromatic nitrogens is 2. The molecule has 0 amide bonds. The number of fused-ring (bicyclic) bond motifs is 5. The first-order valence-corrected chi connectivity index (χ1v) is 20.2. The number of aliphatic hydroxyl groups is 2. The van der Waals surface area contributed by atoms with Crippen molar-refractivity contribution in [3.63, 3.8) is 0 Å². The predicted octanol–water partition coefficient (Wildman–Crippen LogP) is 8.38. The van der Waals surface area contributed by atoms with Gasteiger partial charge in [0.1, 0.15) is 17.2 Å². The molecular weight excluding hydrogens is 719 g/mol. The minimum absolute atomic E-state index is 0.127. The third-order valence-corrected chi connectivity index (χ3v) is 11.4. The molecule has 0 aliphatic carbocycles. The smallest absolute Gasteiger partial charge is 0.358 e. The molecule has 1 fully saturated rings. The number of hydrogen-bond acceptors (Lipinski definition) is 11. The summed E-state index contributed by atoms with van der Waals surface area (Å²) >= 11 is 2.78. The maximum atomic E-state index is 13.4. The monoisotopic (exact) mass is 773 g/mol. The molecule has 54 heavy (non-hydrogen) atoms. The van der Waals surface area contributed by atoms with Crippen LogP contribution in [0.3, 0.4) is 0 Å². The van der Waals surface area contributed by atoms with E-state index in [0.29, 0.717) is 24.3 Å². The van der Waals surface area contributed by atoms with Crippen LogP contribution in [0.15, 0.2) is 102 Å². The number of carbonyl (C=O) groups excluding carboxylic acids is 2. The van der Waals surface area contributed by atoms with E-state index in [1.54, 1.807) is 35.1 Å². The van der Waals surface area contributed by atoms with Gasteiger partial charge in [-0.05, 0) is 25.8 Å². The fourth-order valence-electron chi connectivity index (χ4n) is 5.78. The van der Waals surface area contributed by atoms with E-state index in [9.17, 15) is 19.8 Å². The Bertz CT molecular complexity index is 1790. The predicted molar refractivity (Wildman–Crippen MR) is 219 cm³/mol. The zero-order valence-corrected chi connectivity index (χ0v) is 33.9. The van der Waals surface area contributed by atoms with Crippen molar-refractivity contribution >= 4 is 40.7 Å². The van der Waals surface area contributed by atoms with Crippen LogP contribution in [0, 0.1) is 16.7 Å². The minimum atomic E-state index is -0.820. The van der Waals surface area contributed by atoms with Crippen LogP contribution in [0.2, 0.25) is 0 Å². The van der Waals surface area contributed by atoms with E-state index < -0.39 is 47.2 Å². The number of carbonyl (C=O) groups is 2. The van der Waals surface area contributed by atoms with Crippen LogP contribution in [0.1, 0.15) is 92.3 Å². The topological polar surface area (TPSA) is 141 Å². The molecule has 0 unspecified atom stereocenters. The van der Waals surface area contributed by atoms with Crippen molar-refractivity contribution in [1.82, 2.24) is 15.3 Å². The summed E-state index contributed by atoms with van der Waals surface area (Å²) in [5, 5.41) is 30.2. The van der Waals surface area contributed by atoms with E-state index in [1.165, 1.54) is 22.7 Å². The molecule has 11 heteroatoms. The third-order valence-electron chi connectivity index (χ3n) is 9.70. The van der Waals surface area contributed by atoms with E-state index in [0.717, 1.165) is 5.01 Å². The fraction of sp³-hybridized carbons (Fsp3) is 0.442. The summed E-state index contributed by atoms with van der Waals surface area (Å²) in [5.41, 5.74) is -1.03. The number of hydrogen-bond donors (Lipinski definition) is 3. The molecular formula is C43H55N3O6S2. The maximum Gasteiger partial charge on any atom is 0.358 e. The van der Waals surface area contributed by atoms with Gasteiger partial charge in [-0.15, -0.1) is 22.7 Å². The van der Waals surface area contributed by atoms with Crippen molar-refractivity contribution in [3.05, 3.63) is 123 Å². The molecule has 7 atom stereocenters. The first-order chi connectivity index (χ1) is 25.8. The summed E-state index contributed by atoms with van der Waals surface area (Å²) < 4.78 is 12.1. The van der Waals surface area contributed by atoms with Crippen molar-refractivity contribution in [1.29, 1.82) is 0 Å². The Kier molecular flexibility index (Phi) is 15.9. The van der Waals surface area contributed by atoms with Gasteiger partial charge in [-0.1, -0.05) is 126 Å². The SMILES string of the molecule is C/C=C/[C@H](O)C(C)(C)[C@@H]1C\C=C/C=C\C=C\[C@H](C)Cc2nc(cs2)C(=O)O[C@H](C(C)(C)[C@@H](O)/C=C/C)C/C=C\[C@H]2N[C@H]2/C=C/C=C\c2nc(cs2)C(=O)O1. The molecule has 9 nitrogen and oxygen atoms in total. The van der Waals surface area contributed by atoms with Crippen molar-refractivity contribution in [2.45, 2.75) is 104 Å². The first-order valence-electron chi connectivity index (χ1n) is 18.5. The van der Waals surface area contributed by atoms with Crippen molar-refractivity contribution in [2.24, 2.45) is 16.7 Å². The number of ether oxygens (including phenoxy) is 2. The molecule has 4 heterocycles. The van der Waals surface area contributed by atoms with Gasteiger partial charge in [0.05, 0.1) is 17.2 Å². The summed E-state index contributed by atoms with van der Waals surface area (Å²) in [4.78, 5) is 35.7. The number of cyclic esters (lactones) is 2. The molecule has 1 saturated heterocycles. The normalized spacial score (nSPS) is 28.6. The van der Waals surface area contributed by atoms with Crippen LogP contribution < -0.4 is 5.32 Å². The lowest BCUT2D eigenvalue weighted by Crippen LogP contribution is -2.42. The molecule has 0 saturated carbocycles. The highest BCUT2D eigenvalue weighted by atomic mass is 32.1. The Morgan fingerprint density at radius 3 is 1.96 bits per heavy atom. The van der Waals surface area contributed by atoms with Gasteiger partial charge in [-0.3, -0.25) is 0 Å². The fourth-order valence-corrected chi connectivity index (χ4v) is 7.37. The van der Waals surface area contributed by atoms with E-state index in [-0.39, 0.29) is 29.4 Å². The summed E-state index contributed by atoms with van der Waals surface area (Å²) in [7, 11) is 0. The number of allylic oxidation sites excluding steroid dienone is 9. The molecule has 2 aliphatic heterocycles. The molecule has 2 aromatic heterocycles. The highest BCUT2D eigenvalue weighted by Gasteiger charge is 2.39. The minimum Gasteiger partial charge on any atom is -0.457 e. The maximum absolute atomic E-state index is 13.4. The number of aliphatic hydroxyl groups excluding tert-OH is 2. The Hall–Kier alpha value is -4.00.